The van der Waals surface area contributed by atoms with Crippen LogP contribution in [-0.2, 0) is 0 Å². The summed E-state index contributed by atoms with van der Waals surface area (Å²) in [5.74, 6) is 0. The van der Waals surface area contributed by atoms with Gasteiger partial charge in [0.1, 0.15) is 10.9 Å². The summed E-state index contributed by atoms with van der Waals surface area (Å²) in [6.07, 6.45) is 5.87. The van der Waals surface area contributed by atoms with Gasteiger partial charge in [-0.05, 0) is 37.1 Å². The van der Waals surface area contributed by atoms with Crippen molar-refractivity contribution >= 4 is 22.0 Å². The molecule has 0 spiro atoms. The Bertz CT molecular complexity index is 594. The van der Waals surface area contributed by atoms with Gasteiger partial charge in [0, 0.05) is 31.5 Å². The predicted molar refractivity (Wildman–Crippen MR) is 82.1 cm³/mol. The Morgan fingerprint density at radius 2 is 2.15 bits per heavy atom. The number of hydrogen-bond donors (Lipinski definition) is 1. The highest BCUT2D eigenvalue weighted by atomic mass is 32.1. The number of hydrogen-bond acceptors (Lipinski definition) is 5. The maximum absolute atomic E-state index is 8.88. The summed E-state index contributed by atoms with van der Waals surface area (Å²) in [7, 11) is 0. The van der Waals surface area contributed by atoms with Gasteiger partial charge in [0.15, 0.2) is 0 Å². The van der Waals surface area contributed by atoms with E-state index < -0.39 is 0 Å². The van der Waals surface area contributed by atoms with Gasteiger partial charge in [-0.3, -0.25) is 4.98 Å². The van der Waals surface area contributed by atoms with E-state index in [0.717, 1.165) is 36.5 Å². The Labute approximate surface area is 122 Å². The van der Waals surface area contributed by atoms with E-state index in [1.54, 1.807) is 17.5 Å². The lowest BCUT2D eigenvalue weighted by Crippen LogP contribution is -2.38. The van der Waals surface area contributed by atoms with Crippen LogP contribution in [0.15, 0.2) is 36.7 Å². The number of rotatable bonds is 3. The molecule has 1 N–H and O–H groups in total. The van der Waals surface area contributed by atoms with Crippen LogP contribution in [0, 0.1) is 11.3 Å². The van der Waals surface area contributed by atoms with Crippen LogP contribution in [0.5, 0.6) is 0 Å². The van der Waals surface area contributed by atoms with Gasteiger partial charge >= 0.3 is 0 Å². The molecule has 0 saturated carbocycles. The molecule has 0 atom stereocenters. The third kappa shape index (κ3) is 2.91. The number of piperidine rings is 1. The van der Waals surface area contributed by atoms with Crippen LogP contribution in [0.2, 0.25) is 0 Å². The molecule has 0 unspecified atom stereocenters. The summed E-state index contributed by atoms with van der Waals surface area (Å²) >= 11 is 1.58. The van der Waals surface area contributed by atoms with E-state index in [1.807, 2.05) is 18.3 Å². The second kappa shape index (κ2) is 5.93. The molecule has 3 rings (SSSR count). The molecule has 1 saturated heterocycles. The maximum atomic E-state index is 8.88. The highest BCUT2D eigenvalue weighted by Crippen LogP contribution is 2.28. The van der Waals surface area contributed by atoms with Crippen molar-refractivity contribution in [2.24, 2.45) is 0 Å². The minimum atomic E-state index is 0.505. The van der Waals surface area contributed by atoms with Crippen LogP contribution in [0.3, 0.4) is 0 Å². The van der Waals surface area contributed by atoms with Crippen molar-refractivity contribution in [3.8, 4) is 6.07 Å². The Kier molecular flexibility index (Phi) is 3.84. The van der Waals surface area contributed by atoms with E-state index >= 15 is 0 Å². The van der Waals surface area contributed by atoms with Crippen molar-refractivity contribution in [2.75, 3.05) is 23.3 Å². The van der Waals surface area contributed by atoms with Crippen molar-refractivity contribution in [1.29, 1.82) is 5.26 Å². The lowest BCUT2D eigenvalue weighted by atomic mass is 10.1. The van der Waals surface area contributed by atoms with Crippen LogP contribution in [0.4, 0.5) is 10.7 Å². The van der Waals surface area contributed by atoms with Gasteiger partial charge in [-0.15, -0.1) is 11.3 Å². The molecule has 4 nitrogen and oxygen atoms in total. The number of anilines is 2. The normalized spacial score (nSPS) is 15.8. The van der Waals surface area contributed by atoms with Gasteiger partial charge in [-0.2, -0.15) is 5.26 Å². The summed E-state index contributed by atoms with van der Waals surface area (Å²) < 4.78 is 0. The van der Waals surface area contributed by atoms with E-state index in [2.05, 4.69) is 33.4 Å². The molecular formula is C15H16N4S. The SMILES string of the molecule is N#Cc1ccc(N2CCC(Nc3cccnc3)CC2)s1. The first-order valence-corrected chi connectivity index (χ1v) is 7.58. The lowest BCUT2D eigenvalue weighted by molar-refractivity contribution is 0.528. The van der Waals surface area contributed by atoms with Gasteiger partial charge < -0.3 is 10.2 Å². The van der Waals surface area contributed by atoms with E-state index in [9.17, 15) is 0 Å². The largest absolute Gasteiger partial charge is 0.381 e. The van der Waals surface area contributed by atoms with Gasteiger partial charge in [0.2, 0.25) is 0 Å². The van der Waals surface area contributed by atoms with Crippen molar-refractivity contribution in [1.82, 2.24) is 4.98 Å². The fourth-order valence-corrected chi connectivity index (χ4v) is 3.34. The molecule has 3 heterocycles. The quantitative estimate of drug-likeness (QED) is 0.941. The first-order valence-electron chi connectivity index (χ1n) is 6.76. The minimum Gasteiger partial charge on any atom is -0.381 e. The molecule has 20 heavy (non-hydrogen) atoms. The third-order valence-electron chi connectivity index (χ3n) is 3.54. The fourth-order valence-electron chi connectivity index (χ4n) is 2.49. The minimum absolute atomic E-state index is 0.505. The molecule has 2 aromatic heterocycles. The van der Waals surface area contributed by atoms with Crippen LogP contribution in [0.25, 0.3) is 0 Å². The highest BCUT2D eigenvalue weighted by Gasteiger charge is 2.20. The van der Waals surface area contributed by atoms with Gasteiger partial charge in [0.05, 0.1) is 10.7 Å². The van der Waals surface area contributed by atoms with E-state index in [1.165, 1.54) is 5.00 Å². The molecule has 0 aliphatic carbocycles. The predicted octanol–water partition coefficient (Wildman–Crippen LogP) is 3.10. The second-order valence-corrected chi connectivity index (χ2v) is 5.96. The molecular weight excluding hydrogens is 268 g/mol. The van der Waals surface area contributed by atoms with E-state index in [0.29, 0.717) is 6.04 Å². The number of thiophene rings is 1. The number of nitrogens with zero attached hydrogens (tertiary/aromatic N) is 3. The Morgan fingerprint density at radius 1 is 1.30 bits per heavy atom. The molecule has 2 aromatic rings. The average Bonchev–Trinajstić information content (AvgIpc) is 2.98. The van der Waals surface area contributed by atoms with Crippen molar-refractivity contribution in [3.63, 3.8) is 0 Å². The molecule has 0 amide bonds. The number of nitriles is 1. The molecule has 0 aromatic carbocycles. The summed E-state index contributed by atoms with van der Waals surface area (Å²) in [5.41, 5.74) is 1.09. The van der Waals surface area contributed by atoms with Crippen LogP contribution < -0.4 is 10.2 Å². The fraction of sp³-hybridized carbons (Fsp3) is 0.333. The first-order chi connectivity index (χ1) is 9.85. The molecule has 1 aliphatic heterocycles. The van der Waals surface area contributed by atoms with Gasteiger partial charge in [-0.1, -0.05) is 0 Å². The van der Waals surface area contributed by atoms with E-state index in [4.69, 9.17) is 5.26 Å². The number of pyridine rings is 1. The highest BCUT2D eigenvalue weighted by molar-refractivity contribution is 7.16. The molecule has 1 aliphatic rings. The first kappa shape index (κ1) is 12.9. The zero-order valence-electron chi connectivity index (χ0n) is 11.1. The van der Waals surface area contributed by atoms with Crippen molar-refractivity contribution < 1.29 is 0 Å². The van der Waals surface area contributed by atoms with Gasteiger partial charge in [-0.25, -0.2) is 0 Å². The smallest absolute Gasteiger partial charge is 0.110 e. The number of aromatic nitrogens is 1. The van der Waals surface area contributed by atoms with Crippen molar-refractivity contribution in [3.05, 3.63) is 41.5 Å². The number of nitrogens with one attached hydrogen (secondary N) is 1. The zero-order chi connectivity index (χ0) is 13.8. The Balaban J connectivity index is 1.56. The molecule has 0 radical (unpaired) electrons. The summed E-state index contributed by atoms with van der Waals surface area (Å²) in [6, 6.07) is 10.7. The molecule has 0 bridgehead atoms. The Hall–Kier alpha value is -2.06. The topological polar surface area (TPSA) is 52.0 Å². The average molecular weight is 284 g/mol. The summed E-state index contributed by atoms with van der Waals surface area (Å²) in [6.45, 7) is 2.06. The Morgan fingerprint density at radius 3 is 2.80 bits per heavy atom. The summed E-state index contributed by atoms with van der Waals surface area (Å²) in [5, 5.41) is 13.6. The monoisotopic (exact) mass is 284 g/mol. The van der Waals surface area contributed by atoms with Crippen molar-refractivity contribution in [2.45, 2.75) is 18.9 Å². The molecule has 102 valence electrons. The zero-order valence-corrected chi connectivity index (χ0v) is 11.9. The van der Waals surface area contributed by atoms with Crippen LogP contribution in [-0.4, -0.2) is 24.1 Å². The summed E-state index contributed by atoms with van der Waals surface area (Å²) in [4.78, 5) is 7.28. The maximum Gasteiger partial charge on any atom is 0.110 e. The standard InChI is InChI=1S/C15H16N4S/c16-10-14-3-4-15(20-14)19-8-5-12(6-9-19)18-13-2-1-7-17-11-13/h1-4,7,11-12,18H,5-6,8-9H2. The molecule has 1 fully saturated rings. The van der Waals surface area contributed by atoms with Crippen LogP contribution in [0.1, 0.15) is 17.7 Å². The molecule has 5 heteroatoms. The second-order valence-electron chi connectivity index (χ2n) is 4.90. The third-order valence-corrected chi connectivity index (χ3v) is 4.59. The van der Waals surface area contributed by atoms with Crippen LogP contribution >= 0.6 is 11.3 Å². The lowest BCUT2D eigenvalue weighted by Gasteiger charge is -2.33. The van der Waals surface area contributed by atoms with Gasteiger partial charge in [0.25, 0.3) is 0 Å². The van der Waals surface area contributed by atoms with E-state index in [-0.39, 0.29) is 0 Å².